The van der Waals surface area contributed by atoms with Gasteiger partial charge in [0.25, 0.3) is 5.91 Å². The van der Waals surface area contributed by atoms with E-state index in [-0.39, 0.29) is 0 Å². The van der Waals surface area contributed by atoms with Crippen molar-refractivity contribution in [2.45, 2.75) is 44.8 Å². The Balaban J connectivity index is 1.53. The van der Waals surface area contributed by atoms with Gasteiger partial charge < -0.3 is 19.9 Å². The minimum atomic E-state index is -1.16. The molecule has 0 saturated carbocycles. The topological polar surface area (TPSA) is 84.9 Å². The average Bonchev–Trinajstić information content (AvgIpc) is 3.22. The molecule has 1 aliphatic carbocycles. The monoisotopic (exact) mass is 473 g/mol. The standard InChI is InChI=1S/C29H31NO5/c1-19-7-6-8-21(15-19)13-14-35-26-16-22(11-12-25(26)20(2)31)27(32)30-29(28(33)34-3)17-23-9-4-5-10-24(23)18-29/h4-12,15-16,20,31H,13-14,17-18H2,1-3H3,(H,30,32). The van der Waals surface area contributed by atoms with Crippen LogP contribution in [0.2, 0.25) is 0 Å². The van der Waals surface area contributed by atoms with Crippen LogP contribution in [-0.2, 0) is 28.8 Å². The molecule has 0 fully saturated rings. The van der Waals surface area contributed by atoms with Crippen LogP contribution in [0.1, 0.15) is 51.2 Å². The van der Waals surface area contributed by atoms with Crippen molar-refractivity contribution < 1.29 is 24.2 Å². The normalized spacial score (nSPS) is 14.6. The largest absolute Gasteiger partial charge is 0.493 e. The molecular formula is C29H31NO5. The summed E-state index contributed by atoms with van der Waals surface area (Å²) < 4.78 is 11.1. The lowest BCUT2D eigenvalue weighted by Crippen LogP contribution is -2.56. The Bertz CT molecular complexity index is 1210. The Morgan fingerprint density at radius 3 is 2.37 bits per heavy atom. The zero-order valence-electron chi connectivity index (χ0n) is 20.3. The number of amides is 1. The van der Waals surface area contributed by atoms with E-state index in [9.17, 15) is 14.7 Å². The van der Waals surface area contributed by atoms with Crippen molar-refractivity contribution >= 4 is 11.9 Å². The highest BCUT2D eigenvalue weighted by Crippen LogP contribution is 2.32. The summed E-state index contributed by atoms with van der Waals surface area (Å²) in [6.07, 6.45) is 0.674. The molecule has 1 atom stereocenters. The van der Waals surface area contributed by atoms with Crippen molar-refractivity contribution in [3.05, 3.63) is 100 Å². The molecule has 1 amide bonds. The van der Waals surface area contributed by atoms with Gasteiger partial charge >= 0.3 is 5.97 Å². The number of aliphatic hydroxyl groups excluding tert-OH is 1. The molecule has 182 valence electrons. The molecule has 0 aliphatic heterocycles. The molecule has 4 rings (SSSR count). The van der Waals surface area contributed by atoms with Crippen LogP contribution >= 0.6 is 0 Å². The minimum Gasteiger partial charge on any atom is -0.493 e. The Morgan fingerprint density at radius 2 is 1.74 bits per heavy atom. The Labute approximate surface area is 205 Å². The van der Waals surface area contributed by atoms with Crippen molar-refractivity contribution in [3.8, 4) is 5.75 Å². The third-order valence-corrected chi connectivity index (χ3v) is 6.49. The lowest BCUT2D eigenvalue weighted by atomic mass is 9.94. The number of nitrogens with one attached hydrogen (secondary N) is 1. The maximum Gasteiger partial charge on any atom is 0.332 e. The zero-order valence-corrected chi connectivity index (χ0v) is 20.3. The third-order valence-electron chi connectivity index (χ3n) is 6.49. The average molecular weight is 474 g/mol. The lowest BCUT2D eigenvalue weighted by Gasteiger charge is -2.27. The molecule has 0 saturated heterocycles. The molecule has 0 heterocycles. The number of esters is 1. The zero-order chi connectivity index (χ0) is 25.0. The quantitative estimate of drug-likeness (QED) is 0.481. The number of carbonyl (C=O) groups excluding carboxylic acids is 2. The molecule has 6 nitrogen and oxygen atoms in total. The predicted octanol–water partition coefficient (Wildman–Crippen LogP) is 4.11. The van der Waals surface area contributed by atoms with Gasteiger partial charge in [-0.3, -0.25) is 4.79 Å². The fraction of sp³-hybridized carbons (Fsp3) is 0.310. The van der Waals surface area contributed by atoms with Crippen LogP contribution in [0.4, 0.5) is 0 Å². The van der Waals surface area contributed by atoms with E-state index < -0.39 is 23.5 Å². The second-order valence-electron chi connectivity index (χ2n) is 9.17. The summed E-state index contributed by atoms with van der Waals surface area (Å²) in [5.74, 6) is -0.428. The summed E-state index contributed by atoms with van der Waals surface area (Å²) >= 11 is 0. The van der Waals surface area contributed by atoms with Crippen molar-refractivity contribution in [2.75, 3.05) is 13.7 Å². The van der Waals surface area contributed by atoms with E-state index in [0.29, 0.717) is 42.7 Å². The Hall–Kier alpha value is -3.64. The van der Waals surface area contributed by atoms with Crippen LogP contribution in [0.25, 0.3) is 0 Å². The van der Waals surface area contributed by atoms with Crippen LogP contribution in [0, 0.1) is 6.92 Å². The van der Waals surface area contributed by atoms with Gasteiger partial charge in [0.1, 0.15) is 11.3 Å². The van der Waals surface area contributed by atoms with E-state index in [1.54, 1.807) is 25.1 Å². The number of aliphatic hydroxyl groups is 1. The van der Waals surface area contributed by atoms with Crippen molar-refractivity contribution in [2.24, 2.45) is 0 Å². The van der Waals surface area contributed by atoms with Gasteiger partial charge in [-0.2, -0.15) is 0 Å². The van der Waals surface area contributed by atoms with E-state index in [1.165, 1.54) is 12.7 Å². The molecule has 35 heavy (non-hydrogen) atoms. The number of rotatable bonds is 8. The summed E-state index contributed by atoms with van der Waals surface area (Å²) in [6, 6.07) is 20.9. The van der Waals surface area contributed by atoms with Crippen molar-refractivity contribution in [1.29, 1.82) is 0 Å². The number of hydrogen-bond acceptors (Lipinski definition) is 5. The molecule has 2 N–H and O–H groups in total. The molecule has 1 aliphatic rings. The first-order valence-electron chi connectivity index (χ1n) is 11.8. The highest BCUT2D eigenvalue weighted by molar-refractivity contribution is 5.99. The van der Waals surface area contributed by atoms with Gasteiger partial charge in [-0.15, -0.1) is 0 Å². The molecular weight excluding hydrogens is 442 g/mol. The highest BCUT2D eigenvalue weighted by atomic mass is 16.5. The van der Waals surface area contributed by atoms with Gasteiger partial charge in [-0.1, -0.05) is 60.2 Å². The maximum atomic E-state index is 13.3. The highest BCUT2D eigenvalue weighted by Gasteiger charge is 2.46. The number of carbonyl (C=O) groups is 2. The smallest absolute Gasteiger partial charge is 0.332 e. The number of benzene rings is 3. The fourth-order valence-electron chi connectivity index (χ4n) is 4.68. The molecule has 0 bridgehead atoms. The minimum absolute atomic E-state index is 0.346. The Morgan fingerprint density at radius 1 is 1.03 bits per heavy atom. The van der Waals surface area contributed by atoms with Crippen LogP contribution in [-0.4, -0.2) is 36.2 Å². The second kappa shape index (κ2) is 10.3. The fourth-order valence-corrected chi connectivity index (χ4v) is 4.68. The van der Waals surface area contributed by atoms with Crippen LogP contribution in [0.5, 0.6) is 5.75 Å². The third kappa shape index (κ3) is 5.38. The second-order valence-corrected chi connectivity index (χ2v) is 9.17. The van der Waals surface area contributed by atoms with E-state index in [2.05, 4.69) is 11.4 Å². The number of fused-ring (bicyclic) bond motifs is 1. The van der Waals surface area contributed by atoms with Crippen LogP contribution < -0.4 is 10.1 Å². The number of aryl methyl sites for hydroxylation is 1. The lowest BCUT2D eigenvalue weighted by molar-refractivity contribution is -0.147. The van der Waals surface area contributed by atoms with E-state index in [1.807, 2.05) is 49.4 Å². The van der Waals surface area contributed by atoms with Crippen LogP contribution in [0.3, 0.4) is 0 Å². The first-order valence-corrected chi connectivity index (χ1v) is 11.8. The van der Waals surface area contributed by atoms with Crippen molar-refractivity contribution in [3.63, 3.8) is 0 Å². The van der Waals surface area contributed by atoms with Gasteiger partial charge in [-0.05, 0) is 42.7 Å². The molecule has 1 unspecified atom stereocenters. The number of ether oxygens (including phenoxy) is 2. The molecule has 0 spiro atoms. The van der Waals surface area contributed by atoms with Gasteiger partial charge in [0.05, 0.1) is 19.8 Å². The SMILES string of the molecule is COC(=O)C1(NC(=O)c2ccc(C(C)O)c(OCCc3cccc(C)c3)c2)Cc2ccccc2C1. The van der Waals surface area contributed by atoms with Gasteiger partial charge in [0.15, 0.2) is 0 Å². The number of hydrogen-bond donors (Lipinski definition) is 2. The summed E-state index contributed by atoms with van der Waals surface area (Å²) in [5, 5.41) is 13.2. The summed E-state index contributed by atoms with van der Waals surface area (Å²) in [6.45, 7) is 4.10. The molecule has 3 aromatic carbocycles. The predicted molar refractivity (Wildman–Crippen MR) is 134 cm³/mol. The number of methoxy groups -OCH3 is 1. The van der Waals surface area contributed by atoms with Gasteiger partial charge in [-0.25, -0.2) is 4.79 Å². The molecule has 6 heteroatoms. The maximum absolute atomic E-state index is 13.3. The molecule has 3 aromatic rings. The first kappa shape index (κ1) is 24.5. The Kier molecular flexibility index (Phi) is 7.22. The summed E-state index contributed by atoms with van der Waals surface area (Å²) in [4.78, 5) is 26.1. The molecule has 0 radical (unpaired) electrons. The van der Waals surface area contributed by atoms with Crippen molar-refractivity contribution in [1.82, 2.24) is 5.32 Å². The summed E-state index contributed by atoms with van der Waals surface area (Å²) in [5.41, 5.74) is 4.15. The van der Waals surface area contributed by atoms with Gasteiger partial charge in [0.2, 0.25) is 0 Å². The van der Waals surface area contributed by atoms with E-state index >= 15 is 0 Å². The van der Waals surface area contributed by atoms with E-state index in [0.717, 1.165) is 16.7 Å². The van der Waals surface area contributed by atoms with Gasteiger partial charge in [0, 0.05) is 30.4 Å². The first-order chi connectivity index (χ1) is 16.8. The van der Waals surface area contributed by atoms with E-state index in [4.69, 9.17) is 9.47 Å². The summed E-state index contributed by atoms with van der Waals surface area (Å²) in [7, 11) is 1.33. The van der Waals surface area contributed by atoms with Crippen LogP contribution in [0.15, 0.2) is 66.7 Å². The molecule has 0 aromatic heterocycles.